The van der Waals surface area contributed by atoms with E-state index in [1.165, 1.54) is 12.8 Å². The molecule has 1 aliphatic heterocycles. The molecule has 0 radical (unpaired) electrons. The van der Waals surface area contributed by atoms with Crippen molar-refractivity contribution in [2.24, 2.45) is 5.92 Å². The summed E-state index contributed by atoms with van der Waals surface area (Å²) in [4.78, 5) is 16.7. The second-order valence-corrected chi connectivity index (χ2v) is 5.47. The van der Waals surface area contributed by atoms with Crippen LogP contribution in [0, 0.1) is 5.92 Å². The summed E-state index contributed by atoms with van der Waals surface area (Å²) in [6, 6.07) is 0. The van der Waals surface area contributed by atoms with Gasteiger partial charge in [0.05, 0.1) is 12.1 Å². The number of carbonyl (C=O) groups is 1. The van der Waals surface area contributed by atoms with E-state index in [2.05, 4.69) is 15.6 Å². The monoisotopic (exact) mass is 253 g/mol. The van der Waals surface area contributed by atoms with Crippen LogP contribution in [0.25, 0.3) is 0 Å². The highest BCUT2D eigenvalue weighted by Crippen LogP contribution is 2.15. The average molecular weight is 253 g/mol. The second-order valence-electron chi connectivity index (χ2n) is 4.50. The van der Waals surface area contributed by atoms with Crippen molar-refractivity contribution in [3.8, 4) is 0 Å². The molecule has 0 aromatic carbocycles. The molecule has 2 rings (SSSR count). The number of thiazole rings is 1. The summed E-state index contributed by atoms with van der Waals surface area (Å²) < 4.78 is 0. The number of hydrogen-bond donors (Lipinski definition) is 2. The normalized spacial score (nSPS) is 20.1. The first kappa shape index (κ1) is 12.5. The van der Waals surface area contributed by atoms with Gasteiger partial charge in [0, 0.05) is 17.5 Å². The average Bonchev–Trinajstić information content (AvgIpc) is 2.88. The van der Waals surface area contributed by atoms with Crippen LogP contribution in [0.5, 0.6) is 0 Å². The molecule has 1 aliphatic rings. The molecule has 5 heteroatoms. The van der Waals surface area contributed by atoms with Gasteiger partial charge in [-0.3, -0.25) is 9.78 Å². The van der Waals surface area contributed by atoms with Crippen molar-refractivity contribution in [1.29, 1.82) is 0 Å². The summed E-state index contributed by atoms with van der Waals surface area (Å²) in [6.07, 6.45) is 5.95. The molecule has 17 heavy (non-hydrogen) atoms. The van der Waals surface area contributed by atoms with E-state index in [0.717, 1.165) is 24.4 Å². The number of aromatic nitrogens is 1. The van der Waals surface area contributed by atoms with Gasteiger partial charge in [-0.2, -0.15) is 0 Å². The lowest BCUT2D eigenvalue weighted by molar-refractivity contribution is -0.121. The van der Waals surface area contributed by atoms with Crippen molar-refractivity contribution < 1.29 is 4.79 Å². The third-order valence-electron chi connectivity index (χ3n) is 3.12. The van der Waals surface area contributed by atoms with Gasteiger partial charge in [-0.15, -0.1) is 11.3 Å². The fraction of sp³-hybridized carbons (Fsp3) is 0.667. The molecular formula is C12H19N3OS. The topological polar surface area (TPSA) is 54.0 Å². The summed E-state index contributed by atoms with van der Waals surface area (Å²) in [5, 5.41) is 6.31. The Labute approximate surface area is 106 Å². The van der Waals surface area contributed by atoms with Gasteiger partial charge < -0.3 is 10.6 Å². The molecule has 1 fully saturated rings. The van der Waals surface area contributed by atoms with E-state index < -0.39 is 0 Å². The molecule has 4 nitrogen and oxygen atoms in total. The van der Waals surface area contributed by atoms with E-state index in [4.69, 9.17) is 0 Å². The van der Waals surface area contributed by atoms with Gasteiger partial charge in [0.1, 0.15) is 0 Å². The predicted octanol–water partition coefficient (Wildman–Crippen LogP) is 1.54. The Morgan fingerprint density at radius 2 is 2.59 bits per heavy atom. The van der Waals surface area contributed by atoms with Crippen molar-refractivity contribution >= 4 is 17.2 Å². The third kappa shape index (κ3) is 4.44. The summed E-state index contributed by atoms with van der Waals surface area (Å²) >= 11 is 1.58. The molecule has 0 aliphatic carbocycles. The molecule has 1 saturated heterocycles. The Morgan fingerprint density at radius 1 is 1.65 bits per heavy atom. The van der Waals surface area contributed by atoms with Crippen LogP contribution < -0.4 is 10.6 Å². The lowest BCUT2D eigenvalue weighted by Gasteiger charge is -2.22. The van der Waals surface area contributed by atoms with E-state index >= 15 is 0 Å². The van der Waals surface area contributed by atoms with Crippen LogP contribution in [-0.2, 0) is 11.3 Å². The first-order chi connectivity index (χ1) is 8.34. The van der Waals surface area contributed by atoms with E-state index in [0.29, 0.717) is 18.9 Å². The molecule has 1 aromatic rings. The van der Waals surface area contributed by atoms with Crippen LogP contribution in [0.2, 0.25) is 0 Å². The lowest BCUT2D eigenvalue weighted by Crippen LogP contribution is -2.31. The third-order valence-corrected chi connectivity index (χ3v) is 3.90. The van der Waals surface area contributed by atoms with Crippen molar-refractivity contribution in [3.05, 3.63) is 16.6 Å². The minimum atomic E-state index is 0.156. The number of amides is 1. The summed E-state index contributed by atoms with van der Waals surface area (Å²) in [6.45, 7) is 2.82. The molecule has 0 saturated carbocycles. The van der Waals surface area contributed by atoms with Crippen LogP contribution in [0.1, 0.15) is 30.6 Å². The molecule has 94 valence electrons. The molecule has 1 atom stereocenters. The zero-order valence-corrected chi connectivity index (χ0v) is 10.8. The highest BCUT2D eigenvalue weighted by atomic mass is 32.1. The molecular weight excluding hydrogens is 234 g/mol. The van der Waals surface area contributed by atoms with E-state index in [1.807, 2.05) is 0 Å². The van der Waals surface area contributed by atoms with Crippen molar-refractivity contribution in [1.82, 2.24) is 15.6 Å². The lowest BCUT2D eigenvalue weighted by atomic mass is 9.94. The maximum Gasteiger partial charge on any atom is 0.220 e. The van der Waals surface area contributed by atoms with Crippen molar-refractivity contribution in [2.45, 2.75) is 32.2 Å². The van der Waals surface area contributed by atoms with Crippen LogP contribution in [-0.4, -0.2) is 24.0 Å². The van der Waals surface area contributed by atoms with Crippen molar-refractivity contribution in [3.63, 3.8) is 0 Å². The number of hydrogen-bond acceptors (Lipinski definition) is 4. The summed E-state index contributed by atoms with van der Waals surface area (Å²) in [5.41, 5.74) is 1.79. The van der Waals surface area contributed by atoms with Crippen molar-refractivity contribution in [2.75, 3.05) is 13.1 Å². The minimum absolute atomic E-state index is 0.156. The second kappa shape index (κ2) is 6.71. The number of rotatable bonds is 5. The zero-order valence-electron chi connectivity index (χ0n) is 9.95. The van der Waals surface area contributed by atoms with Gasteiger partial charge in [-0.25, -0.2) is 0 Å². The van der Waals surface area contributed by atoms with E-state index in [-0.39, 0.29) is 5.91 Å². The Bertz CT molecular complexity index is 334. The molecule has 1 aromatic heterocycles. The Kier molecular flexibility index (Phi) is 4.94. The Morgan fingerprint density at radius 3 is 3.29 bits per heavy atom. The standard InChI is InChI=1S/C12H19N3OS/c16-12(15-8-11-7-14-9-17-11)4-3-10-2-1-5-13-6-10/h7,9-10,13H,1-6,8H2,(H,15,16). The Hall–Kier alpha value is -0.940. The van der Waals surface area contributed by atoms with Gasteiger partial charge in [-0.05, 0) is 38.3 Å². The molecule has 0 bridgehead atoms. The van der Waals surface area contributed by atoms with Gasteiger partial charge in [0.2, 0.25) is 5.91 Å². The first-order valence-corrected chi connectivity index (χ1v) is 7.07. The largest absolute Gasteiger partial charge is 0.351 e. The van der Waals surface area contributed by atoms with Crippen LogP contribution in [0.3, 0.4) is 0 Å². The van der Waals surface area contributed by atoms with Gasteiger partial charge in [0.15, 0.2) is 0 Å². The van der Waals surface area contributed by atoms with Gasteiger partial charge >= 0.3 is 0 Å². The Balaban J connectivity index is 1.60. The highest BCUT2D eigenvalue weighted by molar-refractivity contribution is 7.09. The van der Waals surface area contributed by atoms with Crippen LogP contribution in [0.4, 0.5) is 0 Å². The smallest absolute Gasteiger partial charge is 0.220 e. The number of piperidine rings is 1. The van der Waals surface area contributed by atoms with Gasteiger partial charge in [-0.1, -0.05) is 0 Å². The highest BCUT2D eigenvalue weighted by Gasteiger charge is 2.14. The molecule has 1 unspecified atom stereocenters. The van der Waals surface area contributed by atoms with E-state index in [9.17, 15) is 4.79 Å². The molecule has 1 amide bonds. The molecule has 2 N–H and O–H groups in total. The van der Waals surface area contributed by atoms with Gasteiger partial charge in [0.25, 0.3) is 0 Å². The van der Waals surface area contributed by atoms with E-state index in [1.54, 1.807) is 23.0 Å². The van der Waals surface area contributed by atoms with Crippen LogP contribution in [0.15, 0.2) is 11.7 Å². The maximum absolute atomic E-state index is 11.6. The molecule has 2 heterocycles. The zero-order chi connectivity index (χ0) is 11.9. The summed E-state index contributed by atoms with van der Waals surface area (Å²) in [7, 11) is 0. The number of nitrogens with zero attached hydrogens (tertiary/aromatic N) is 1. The van der Waals surface area contributed by atoms with Crippen LogP contribution >= 0.6 is 11.3 Å². The fourth-order valence-electron chi connectivity index (χ4n) is 2.11. The maximum atomic E-state index is 11.6. The fourth-order valence-corrected chi connectivity index (χ4v) is 2.64. The minimum Gasteiger partial charge on any atom is -0.351 e. The first-order valence-electron chi connectivity index (χ1n) is 6.19. The number of nitrogens with one attached hydrogen (secondary N) is 2. The number of carbonyl (C=O) groups excluding carboxylic acids is 1. The molecule has 0 spiro atoms. The predicted molar refractivity (Wildman–Crippen MR) is 68.8 cm³/mol. The quantitative estimate of drug-likeness (QED) is 0.837. The summed E-state index contributed by atoms with van der Waals surface area (Å²) in [5.74, 6) is 0.835. The SMILES string of the molecule is O=C(CCC1CCCNC1)NCc1cncs1.